The first-order chi connectivity index (χ1) is 10.8. The molecule has 22 heavy (non-hydrogen) atoms. The van der Waals surface area contributed by atoms with Crippen molar-refractivity contribution >= 4 is 11.6 Å². The Bertz CT molecular complexity index is 931. The molecular weight excluding hydrogens is 264 g/mol. The Hall–Kier alpha value is -1.82. The molecule has 0 nitrogen and oxygen atoms in total. The van der Waals surface area contributed by atoms with Crippen molar-refractivity contribution in [1.29, 1.82) is 0 Å². The third kappa shape index (κ3) is 1.97. The summed E-state index contributed by atoms with van der Waals surface area (Å²) in [7, 11) is 0. The lowest BCUT2D eigenvalue weighted by Crippen LogP contribution is -2.26. The first-order valence-electron chi connectivity index (χ1n) is 8.77. The maximum Gasteiger partial charge on any atom is -0.00791 e. The average Bonchev–Trinajstić information content (AvgIpc) is 2.59. The molecule has 2 aromatic rings. The molecule has 0 radical (unpaired) electrons. The average molecular weight is 288 g/mol. The van der Waals surface area contributed by atoms with E-state index in [2.05, 4.69) is 56.3 Å². The van der Waals surface area contributed by atoms with E-state index in [4.69, 9.17) is 0 Å². The van der Waals surface area contributed by atoms with Crippen molar-refractivity contribution in [3.63, 3.8) is 0 Å². The molecule has 0 aromatic heterocycles. The molecule has 0 spiro atoms. The van der Waals surface area contributed by atoms with Crippen LogP contribution in [0.5, 0.6) is 0 Å². The molecule has 0 heterocycles. The van der Waals surface area contributed by atoms with Crippen LogP contribution in [-0.4, -0.2) is 0 Å². The van der Waals surface area contributed by atoms with Crippen molar-refractivity contribution in [2.75, 3.05) is 0 Å². The van der Waals surface area contributed by atoms with E-state index in [0.29, 0.717) is 0 Å². The molecule has 0 fully saturated rings. The van der Waals surface area contributed by atoms with E-state index in [1.54, 1.807) is 21.9 Å². The van der Waals surface area contributed by atoms with Crippen LogP contribution in [0.4, 0.5) is 0 Å². The minimum Gasteiger partial charge on any atom is -0.0722 e. The summed E-state index contributed by atoms with van der Waals surface area (Å²) < 4.78 is 0. The van der Waals surface area contributed by atoms with Crippen molar-refractivity contribution in [3.8, 4) is 0 Å². The summed E-state index contributed by atoms with van der Waals surface area (Å²) in [6.45, 7) is 4.67. The van der Waals surface area contributed by atoms with Gasteiger partial charge in [0.15, 0.2) is 0 Å². The Kier molecular flexibility index (Phi) is 3.41. The van der Waals surface area contributed by atoms with Gasteiger partial charge in [-0.3, -0.25) is 0 Å². The fourth-order valence-corrected chi connectivity index (χ4v) is 4.54. The molecule has 0 N–H and O–H groups in total. The molecule has 0 aliphatic heterocycles. The van der Waals surface area contributed by atoms with Gasteiger partial charge in [-0.2, -0.15) is 0 Å². The fourth-order valence-electron chi connectivity index (χ4n) is 4.54. The molecule has 2 aliphatic rings. The van der Waals surface area contributed by atoms with Crippen LogP contribution in [-0.2, 0) is 12.8 Å². The monoisotopic (exact) mass is 288 g/mol. The van der Waals surface area contributed by atoms with Crippen LogP contribution in [0.1, 0.15) is 44.2 Å². The van der Waals surface area contributed by atoms with E-state index in [-0.39, 0.29) is 0 Å². The lowest BCUT2D eigenvalue weighted by atomic mass is 9.78. The highest BCUT2D eigenvalue weighted by Crippen LogP contribution is 2.29. The Labute approximate surface area is 132 Å². The van der Waals surface area contributed by atoms with E-state index in [0.717, 1.165) is 12.3 Å². The smallest absolute Gasteiger partial charge is 0.00791 e. The van der Waals surface area contributed by atoms with Crippen LogP contribution in [0.25, 0.3) is 11.6 Å². The molecule has 0 heteroatoms. The molecule has 0 bridgehead atoms. The van der Waals surface area contributed by atoms with Gasteiger partial charge in [0.2, 0.25) is 0 Å². The molecule has 112 valence electrons. The van der Waals surface area contributed by atoms with Gasteiger partial charge >= 0.3 is 0 Å². The third-order valence-corrected chi connectivity index (χ3v) is 5.66. The molecule has 4 rings (SSSR count). The van der Waals surface area contributed by atoms with Crippen molar-refractivity contribution < 1.29 is 0 Å². The highest BCUT2D eigenvalue weighted by molar-refractivity contribution is 5.55. The van der Waals surface area contributed by atoms with Gasteiger partial charge in [0.05, 0.1) is 0 Å². The standard InChI is InChI=1S/C22H24/c1-3-15-9-11-21-19(17(15)4-2)13-14-20-18-8-6-5-7-16(18)10-12-22(20)21/h5-8,10,13-15H,3-4,9,11-12H2,1-2H3. The minimum absolute atomic E-state index is 0.801. The Balaban J connectivity index is 2.12. The quantitative estimate of drug-likeness (QED) is 0.787. The van der Waals surface area contributed by atoms with Crippen molar-refractivity contribution in [1.82, 2.24) is 0 Å². The van der Waals surface area contributed by atoms with Crippen molar-refractivity contribution in [3.05, 3.63) is 68.4 Å². The van der Waals surface area contributed by atoms with Crippen LogP contribution >= 0.6 is 0 Å². The lowest BCUT2D eigenvalue weighted by Gasteiger charge is -2.26. The SMILES string of the molecule is CCC1=c2ccc3c(c2CCC1CC)CC=c1ccccc1=3. The first-order valence-corrected chi connectivity index (χ1v) is 8.77. The molecular formula is C22H24. The van der Waals surface area contributed by atoms with Crippen LogP contribution in [0.15, 0.2) is 36.4 Å². The van der Waals surface area contributed by atoms with Gasteiger partial charge in [0.25, 0.3) is 0 Å². The Morgan fingerprint density at radius 1 is 0.909 bits per heavy atom. The molecule has 1 unspecified atom stereocenters. The Morgan fingerprint density at radius 2 is 1.73 bits per heavy atom. The predicted molar refractivity (Wildman–Crippen MR) is 93.8 cm³/mol. The number of rotatable bonds is 2. The largest absolute Gasteiger partial charge is 0.0722 e. The summed E-state index contributed by atoms with van der Waals surface area (Å²) in [5, 5.41) is 5.87. The van der Waals surface area contributed by atoms with E-state index in [1.165, 1.54) is 41.3 Å². The fraction of sp³-hybridized carbons (Fsp3) is 0.364. The van der Waals surface area contributed by atoms with E-state index < -0.39 is 0 Å². The number of benzene rings is 2. The zero-order valence-corrected chi connectivity index (χ0v) is 13.7. The van der Waals surface area contributed by atoms with E-state index >= 15 is 0 Å². The summed E-state index contributed by atoms with van der Waals surface area (Å²) in [5.41, 5.74) is 4.94. The van der Waals surface area contributed by atoms with Crippen molar-refractivity contribution in [2.24, 2.45) is 5.92 Å². The zero-order valence-electron chi connectivity index (χ0n) is 13.7. The normalized spacial score (nSPS) is 19.0. The third-order valence-electron chi connectivity index (χ3n) is 5.66. The van der Waals surface area contributed by atoms with Crippen LogP contribution in [0.2, 0.25) is 0 Å². The van der Waals surface area contributed by atoms with Gasteiger partial charge in [-0.1, -0.05) is 61.9 Å². The molecule has 1 atom stereocenters. The second kappa shape index (κ2) is 5.43. The van der Waals surface area contributed by atoms with Gasteiger partial charge in [-0.25, -0.2) is 0 Å². The van der Waals surface area contributed by atoms with Gasteiger partial charge in [-0.05, 0) is 70.0 Å². The lowest BCUT2D eigenvalue weighted by molar-refractivity contribution is 0.557. The maximum absolute atomic E-state index is 2.41. The highest BCUT2D eigenvalue weighted by Gasteiger charge is 2.21. The minimum atomic E-state index is 0.801. The van der Waals surface area contributed by atoms with Gasteiger partial charge in [0, 0.05) is 0 Å². The number of hydrogen-bond donors (Lipinski definition) is 0. The summed E-state index contributed by atoms with van der Waals surface area (Å²) >= 11 is 0. The molecule has 0 saturated carbocycles. The summed E-state index contributed by atoms with van der Waals surface area (Å²) in [5.74, 6) is 0.801. The first kappa shape index (κ1) is 13.8. The summed E-state index contributed by atoms with van der Waals surface area (Å²) in [4.78, 5) is 0. The second-order valence-electron chi connectivity index (χ2n) is 6.64. The molecule has 2 aliphatic carbocycles. The molecule has 0 saturated heterocycles. The Morgan fingerprint density at radius 3 is 2.55 bits per heavy atom. The van der Waals surface area contributed by atoms with Gasteiger partial charge in [0.1, 0.15) is 0 Å². The van der Waals surface area contributed by atoms with Gasteiger partial charge in [-0.15, -0.1) is 0 Å². The summed E-state index contributed by atoms with van der Waals surface area (Å²) in [6, 6.07) is 13.6. The van der Waals surface area contributed by atoms with E-state index in [9.17, 15) is 0 Å². The van der Waals surface area contributed by atoms with Crippen molar-refractivity contribution in [2.45, 2.75) is 46.0 Å². The van der Waals surface area contributed by atoms with Crippen LogP contribution in [0.3, 0.4) is 0 Å². The molecule has 2 aromatic carbocycles. The van der Waals surface area contributed by atoms with Crippen LogP contribution < -0.4 is 10.4 Å². The highest BCUT2D eigenvalue weighted by atomic mass is 14.3. The number of hydrogen-bond acceptors (Lipinski definition) is 0. The number of fused-ring (bicyclic) bond motifs is 4. The second-order valence-corrected chi connectivity index (χ2v) is 6.64. The predicted octanol–water partition coefficient (Wildman–Crippen LogP) is 3.84. The topological polar surface area (TPSA) is 0 Å². The van der Waals surface area contributed by atoms with Gasteiger partial charge < -0.3 is 0 Å². The zero-order chi connectivity index (χ0) is 15.1. The van der Waals surface area contributed by atoms with Crippen LogP contribution in [0, 0.1) is 16.4 Å². The molecule has 0 amide bonds. The maximum atomic E-state index is 2.41. The van der Waals surface area contributed by atoms with E-state index in [1.807, 2.05) is 0 Å². The summed E-state index contributed by atoms with van der Waals surface area (Å²) in [6.07, 6.45) is 8.60.